The van der Waals surface area contributed by atoms with Crippen LogP contribution in [0.4, 0.5) is 5.69 Å². The van der Waals surface area contributed by atoms with E-state index in [0.29, 0.717) is 30.0 Å². The Labute approximate surface area is 234 Å². The van der Waals surface area contributed by atoms with Crippen LogP contribution in [0.1, 0.15) is 103 Å². The summed E-state index contributed by atoms with van der Waals surface area (Å²) in [7, 11) is 0. The van der Waals surface area contributed by atoms with Gasteiger partial charge in [0.2, 0.25) is 0 Å². The summed E-state index contributed by atoms with van der Waals surface area (Å²) in [6.45, 7) is 8.65. The molecule has 3 fully saturated rings. The monoisotopic (exact) mass is 524 g/mol. The Bertz CT molecular complexity index is 1290. The highest BCUT2D eigenvalue weighted by atomic mass is 16.4. The molecule has 4 aliphatic carbocycles. The molecule has 4 nitrogen and oxygen atoms in total. The van der Waals surface area contributed by atoms with Crippen molar-refractivity contribution in [2.24, 2.45) is 27.8 Å². The fourth-order valence-electron chi connectivity index (χ4n) is 9.40. The van der Waals surface area contributed by atoms with E-state index in [0.717, 1.165) is 63.7 Å². The smallest absolute Gasteiger partial charge is 0.151 e. The molecule has 206 valence electrons. The molecule has 1 heterocycles. The van der Waals surface area contributed by atoms with Gasteiger partial charge in [0.1, 0.15) is 0 Å². The molecule has 0 amide bonds. The molecule has 39 heavy (non-hydrogen) atoms. The van der Waals surface area contributed by atoms with E-state index in [2.05, 4.69) is 59.2 Å². The fraction of sp³-hybridized carbons (Fsp3) is 0.600. The largest absolute Gasteiger partial charge is 0.411 e. The number of carbonyl (C=O) groups is 1. The molecule has 2 saturated carbocycles. The first-order chi connectivity index (χ1) is 19.0. The van der Waals surface area contributed by atoms with Crippen LogP contribution in [0.5, 0.6) is 0 Å². The number of Topliss-reactive ketones (excluding diaryl/α,β-unsaturated/α-hetero) is 1. The third-order valence-corrected chi connectivity index (χ3v) is 11.2. The summed E-state index contributed by atoms with van der Waals surface area (Å²) in [6.07, 6.45) is 13.5. The highest BCUT2D eigenvalue weighted by molar-refractivity contribution is 5.97. The molecule has 0 bridgehead atoms. The SMILES string of the molecule is CC#C[C@]1(C(=O)CC)CC[C@H]2[C@@H]3CCC4=CC(=NO)CCC4=C3[C@@H](c3ccc(N4CCCCC4)cc3)C[C@@]21C. The minimum Gasteiger partial charge on any atom is -0.411 e. The summed E-state index contributed by atoms with van der Waals surface area (Å²) in [6, 6.07) is 9.46. The van der Waals surface area contributed by atoms with E-state index in [1.165, 1.54) is 41.7 Å². The van der Waals surface area contributed by atoms with Gasteiger partial charge < -0.3 is 10.1 Å². The number of carbonyl (C=O) groups excluding carboxylic acids is 1. The van der Waals surface area contributed by atoms with E-state index in [1.807, 2.05) is 13.8 Å². The topological polar surface area (TPSA) is 52.9 Å². The normalized spacial score (nSPS) is 34.9. The summed E-state index contributed by atoms with van der Waals surface area (Å²) < 4.78 is 0. The summed E-state index contributed by atoms with van der Waals surface area (Å²) >= 11 is 0. The zero-order chi connectivity index (χ0) is 27.2. The van der Waals surface area contributed by atoms with Crippen molar-refractivity contribution in [3.63, 3.8) is 0 Å². The van der Waals surface area contributed by atoms with Gasteiger partial charge in [-0.25, -0.2) is 0 Å². The van der Waals surface area contributed by atoms with Crippen LogP contribution in [-0.2, 0) is 4.79 Å². The van der Waals surface area contributed by atoms with Gasteiger partial charge in [-0.05, 0) is 123 Å². The first kappa shape index (κ1) is 26.4. The molecule has 1 aromatic rings. The molecular weight excluding hydrogens is 480 g/mol. The number of anilines is 1. The van der Waals surface area contributed by atoms with Crippen LogP contribution in [0.3, 0.4) is 0 Å². The number of hydrogen-bond acceptors (Lipinski definition) is 4. The number of nitrogens with zero attached hydrogens (tertiary/aromatic N) is 2. The summed E-state index contributed by atoms with van der Waals surface area (Å²) in [4.78, 5) is 16.3. The van der Waals surface area contributed by atoms with E-state index < -0.39 is 5.41 Å². The summed E-state index contributed by atoms with van der Waals surface area (Å²) in [5, 5.41) is 13.1. The molecule has 5 aliphatic rings. The molecule has 6 rings (SSSR count). The first-order valence-electron chi connectivity index (χ1n) is 15.4. The Balaban J connectivity index is 1.47. The lowest BCUT2D eigenvalue weighted by atomic mass is 9.48. The summed E-state index contributed by atoms with van der Waals surface area (Å²) in [5.41, 5.74) is 7.38. The standard InChI is InChI=1S/C35H44N2O2/c1-4-18-35(32(38)5-2)19-17-31-29-15-11-25-22-26(36-39)12-16-28(25)33(29)30(23-34(31,35)3)24-9-13-27(14-10-24)37-20-7-6-8-21-37/h9-10,13-14,22,29-31,39H,5-8,11-12,15-17,19-21,23H2,1-3H3/t29-,30+,31-,34-,35+/m0/s1. The highest BCUT2D eigenvalue weighted by Gasteiger charge is 2.65. The number of oxime groups is 1. The Morgan fingerprint density at radius 2 is 1.87 bits per heavy atom. The maximum atomic E-state index is 13.7. The van der Waals surface area contributed by atoms with Gasteiger partial charge in [0.15, 0.2) is 5.78 Å². The third kappa shape index (κ3) is 4.11. The van der Waals surface area contributed by atoms with Gasteiger partial charge in [0.25, 0.3) is 0 Å². The number of rotatable bonds is 4. The van der Waals surface area contributed by atoms with Gasteiger partial charge in [0.05, 0.1) is 11.1 Å². The molecule has 0 radical (unpaired) electrons. The zero-order valence-corrected chi connectivity index (χ0v) is 24.1. The number of fused-ring (bicyclic) bond motifs is 4. The minimum atomic E-state index is -0.539. The van der Waals surface area contributed by atoms with E-state index in [4.69, 9.17) is 0 Å². The van der Waals surface area contributed by atoms with Crippen molar-refractivity contribution in [3.05, 3.63) is 52.6 Å². The molecule has 4 heteroatoms. The van der Waals surface area contributed by atoms with Crippen molar-refractivity contribution in [2.75, 3.05) is 18.0 Å². The molecule has 1 saturated heterocycles. The van der Waals surface area contributed by atoms with Crippen LogP contribution < -0.4 is 4.90 Å². The quantitative estimate of drug-likeness (QED) is 0.248. The lowest BCUT2D eigenvalue weighted by Crippen LogP contribution is -2.50. The third-order valence-electron chi connectivity index (χ3n) is 11.2. The lowest BCUT2D eigenvalue weighted by Gasteiger charge is -2.54. The molecule has 5 atom stereocenters. The molecule has 1 aliphatic heterocycles. The van der Waals surface area contributed by atoms with Gasteiger partial charge in [-0.2, -0.15) is 0 Å². The van der Waals surface area contributed by atoms with Gasteiger partial charge in [-0.3, -0.25) is 4.79 Å². The van der Waals surface area contributed by atoms with Crippen molar-refractivity contribution < 1.29 is 10.0 Å². The van der Waals surface area contributed by atoms with Crippen LogP contribution in [0.25, 0.3) is 0 Å². The number of benzene rings is 1. The Hall–Kier alpha value is -2.80. The van der Waals surface area contributed by atoms with E-state index in [-0.39, 0.29) is 5.41 Å². The maximum Gasteiger partial charge on any atom is 0.151 e. The second-order valence-corrected chi connectivity index (χ2v) is 12.9. The van der Waals surface area contributed by atoms with Crippen LogP contribution in [-0.4, -0.2) is 29.8 Å². The van der Waals surface area contributed by atoms with Crippen molar-refractivity contribution in [2.45, 2.75) is 97.3 Å². The van der Waals surface area contributed by atoms with Crippen molar-refractivity contribution in [3.8, 4) is 11.8 Å². The van der Waals surface area contributed by atoms with Gasteiger partial charge in [-0.15, -0.1) is 5.92 Å². The molecule has 1 N–H and O–H groups in total. The Kier molecular flexibility index (Phi) is 6.98. The van der Waals surface area contributed by atoms with Crippen molar-refractivity contribution >= 4 is 17.2 Å². The van der Waals surface area contributed by atoms with Crippen molar-refractivity contribution in [1.29, 1.82) is 0 Å². The average Bonchev–Trinajstić information content (AvgIpc) is 3.29. The fourth-order valence-corrected chi connectivity index (χ4v) is 9.40. The molecule has 0 spiro atoms. The number of allylic oxidation sites excluding steroid dienone is 4. The molecule has 0 unspecified atom stereocenters. The predicted molar refractivity (Wildman–Crippen MR) is 158 cm³/mol. The molecule has 1 aromatic carbocycles. The minimum absolute atomic E-state index is 0.137. The van der Waals surface area contributed by atoms with E-state index in [1.54, 1.807) is 5.57 Å². The van der Waals surface area contributed by atoms with Crippen LogP contribution in [0.15, 0.2) is 52.2 Å². The van der Waals surface area contributed by atoms with E-state index in [9.17, 15) is 10.0 Å². The van der Waals surface area contributed by atoms with Gasteiger partial charge >= 0.3 is 0 Å². The second-order valence-electron chi connectivity index (χ2n) is 12.9. The van der Waals surface area contributed by atoms with Crippen LogP contribution >= 0.6 is 0 Å². The number of hydrogen-bond donors (Lipinski definition) is 1. The average molecular weight is 525 g/mol. The Morgan fingerprint density at radius 3 is 2.56 bits per heavy atom. The predicted octanol–water partition coefficient (Wildman–Crippen LogP) is 7.83. The van der Waals surface area contributed by atoms with Crippen LogP contribution in [0, 0.1) is 34.5 Å². The maximum absolute atomic E-state index is 13.7. The second kappa shape index (κ2) is 10.3. The number of ketones is 1. The van der Waals surface area contributed by atoms with E-state index >= 15 is 0 Å². The summed E-state index contributed by atoms with van der Waals surface area (Å²) in [5.74, 6) is 8.38. The van der Waals surface area contributed by atoms with Crippen LogP contribution in [0.2, 0.25) is 0 Å². The molecular formula is C35H44N2O2. The Morgan fingerprint density at radius 1 is 1.10 bits per heavy atom. The van der Waals surface area contributed by atoms with Crippen molar-refractivity contribution in [1.82, 2.24) is 0 Å². The highest BCUT2D eigenvalue weighted by Crippen LogP contribution is 2.69. The zero-order valence-electron chi connectivity index (χ0n) is 24.1. The molecule has 0 aromatic heterocycles. The lowest BCUT2D eigenvalue weighted by molar-refractivity contribution is -0.132. The number of piperidine rings is 1. The van der Waals surface area contributed by atoms with Gasteiger partial charge in [0, 0.05) is 31.1 Å². The first-order valence-corrected chi connectivity index (χ1v) is 15.4. The van der Waals surface area contributed by atoms with Gasteiger partial charge in [-0.1, -0.05) is 42.6 Å².